The van der Waals surface area contributed by atoms with E-state index < -0.39 is 5.97 Å². The number of hydrogen-bond donors (Lipinski definition) is 1. The highest BCUT2D eigenvalue weighted by Crippen LogP contribution is 2.09. The smallest absolute Gasteiger partial charge is 0.305 e. The van der Waals surface area contributed by atoms with E-state index in [2.05, 4.69) is 4.98 Å². The maximum atomic E-state index is 12.3. The molecule has 1 amide bonds. The van der Waals surface area contributed by atoms with Crippen LogP contribution in [0.4, 0.5) is 0 Å². The van der Waals surface area contributed by atoms with Gasteiger partial charge in [0.05, 0.1) is 6.42 Å². The summed E-state index contributed by atoms with van der Waals surface area (Å²) in [5, 5.41) is 8.69. The number of aromatic nitrogens is 1. The molecule has 0 unspecified atom stereocenters. The van der Waals surface area contributed by atoms with Crippen molar-refractivity contribution in [3.63, 3.8) is 0 Å². The summed E-state index contributed by atoms with van der Waals surface area (Å²) in [5.41, 5.74) is 1.31. The lowest BCUT2D eigenvalue weighted by molar-refractivity contribution is -0.137. The first-order valence-corrected chi connectivity index (χ1v) is 5.87. The number of carbonyl (C=O) groups excluding carboxylic acids is 1. The Labute approximate surface area is 106 Å². The summed E-state index contributed by atoms with van der Waals surface area (Å²) in [6.07, 6.45) is 1.53. The number of rotatable bonds is 5. The van der Waals surface area contributed by atoms with Gasteiger partial charge in [0.25, 0.3) is 5.91 Å². The van der Waals surface area contributed by atoms with Gasteiger partial charge in [0.2, 0.25) is 0 Å². The van der Waals surface area contributed by atoms with Gasteiger partial charge >= 0.3 is 5.97 Å². The molecule has 0 fully saturated rings. The van der Waals surface area contributed by atoms with Crippen LogP contribution >= 0.6 is 0 Å². The molecule has 0 saturated heterocycles. The topological polar surface area (TPSA) is 70.5 Å². The number of carboxylic acids is 1. The summed E-state index contributed by atoms with van der Waals surface area (Å²) >= 11 is 0. The molecular weight excluding hydrogens is 232 g/mol. The average Bonchev–Trinajstić information content (AvgIpc) is 2.28. The monoisotopic (exact) mass is 250 g/mol. The van der Waals surface area contributed by atoms with E-state index in [4.69, 9.17) is 5.11 Å². The van der Waals surface area contributed by atoms with Crippen LogP contribution in [0.2, 0.25) is 0 Å². The van der Waals surface area contributed by atoms with Crippen molar-refractivity contribution < 1.29 is 14.7 Å². The van der Waals surface area contributed by atoms with Gasteiger partial charge < -0.3 is 10.0 Å². The number of nitrogens with zero attached hydrogens (tertiary/aromatic N) is 2. The van der Waals surface area contributed by atoms with Gasteiger partial charge in [-0.15, -0.1) is 0 Å². The summed E-state index contributed by atoms with van der Waals surface area (Å²) < 4.78 is 0. The highest BCUT2D eigenvalue weighted by atomic mass is 16.4. The van der Waals surface area contributed by atoms with E-state index in [0.717, 1.165) is 5.69 Å². The van der Waals surface area contributed by atoms with Crippen LogP contribution in [0.25, 0.3) is 0 Å². The molecule has 1 heterocycles. The Hall–Kier alpha value is -1.91. The minimum atomic E-state index is -0.903. The van der Waals surface area contributed by atoms with Gasteiger partial charge in [0.1, 0.15) is 0 Å². The molecule has 0 aliphatic rings. The van der Waals surface area contributed by atoms with Gasteiger partial charge in [-0.3, -0.25) is 14.6 Å². The zero-order valence-corrected chi connectivity index (χ0v) is 10.9. The summed E-state index contributed by atoms with van der Waals surface area (Å²) in [7, 11) is 0. The molecule has 98 valence electrons. The SMILES string of the molecule is Cc1cc(C(=O)N(CCC(=O)O)C(C)C)ccn1. The molecule has 0 spiro atoms. The molecule has 0 bridgehead atoms. The molecule has 18 heavy (non-hydrogen) atoms. The lowest BCUT2D eigenvalue weighted by atomic mass is 10.1. The maximum absolute atomic E-state index is 12.3. The molecule has 0 aliphatic heterocycles. The van der Waals surface area contributed by atoms with Crippen molar-refractivity contribution in [2.45, 2.75) is 33.2 Å². The molecule has 5 nitrogen and oxygen atoms in total. The molecule has 0 radical (unpaired) electrons. The lowest BCUT2D eigenvalue weighted by Gasteiger charge is -2.26. The van der Waals surface area contributed by atoms with E-state index in [1.165, 1.54) is 0 Å². The van der Waals surface area contributed by atoms with Gasteiger partial charge in [-0.2, -0.15) is 0 Å². The van der Waals surface area contributed by atoms with Crippen molar-refractivity contribution in [1.29, 1.82) is 0 Å². The molecule has 5 heteroatoms. The van der Waals surface area contributed by atoms with Gasteiger partial charge in [-0.05, 0) is 32.9 Å². The molecule has 0 aliphatic carbocycles. The van der Waals surface area contributed by atoms with Crippen molar-refractivity contribution in [2.75, 3.05) is 6.54 Å². The fourth-order valence-corrected chi connectivity index (χ4v) is 1.65. The highest BCUT2D eigenvalue weighted by Gasteiger charge is 2.19. The number of carboxylic acid groups (broad SMARTS) is 1. The molecule has 1 N–H and O–H groups in total. The van der Waals surface area contributed by atoms with E-state index in [0.29, 0.717) is 5.56 Å². The summed E-state index contributed by atoms with van der Waals surface area (Å²) in [4.78, 5) is 28.4. The number of aliphatic carboxylic acids is 1. The Morgan fingerprint density at radius 1 is 1.44 bits per heavy atom. The largest absolute Gasteiger partial charge is 0.481 e. The highest BCUT2D eigenvalue weighted by molar-refractivity contribution is 5.94. The van der Waals surface area contributed by atoms with E-state index in [1.54, 1.807) is 23.2 Å². The van der Waals surface area contributed by atoms with E-state index in [9.17, 15) is 9.59 Å². The minimum absolute atomic E-state index is 0.0367. The van der Waals surface area contributed by atoms with E-state index in [1.807, 2.05) is 20.8 Å². The van der Waals surface area contributed by atoms with Crippen molar-refractivity contribution in [3.05, 3.63) is 29.6 Å². The second kappa shape index (κ2) is 6.14. The third-order valence-corrected chi connectivity index (χ3v) is 2.59. The average molecular weight is 250 g/mol. The number of hydrogen-bond acceptors (Lipinski definition) is 3. The first-order chi connectivity index (χ1) is 8.41. The van der Waals surface area contributed by atoms with Crippen LogP contribution in [0.1, 0.15) is 36.3 Å². The predicted octanol–water partition coefficient (Wildman–Crippen LogP) is 1.72. The first kappa shape index (κ1) is 14.2. The lowest BCUT2D eigenvalue weighted by Crippen LogP contribution is -2.38. The second-order valence-electron chi connectivity index (χ2n) is 4.42. The number of carbonyl (C=O) groups is 2. The second-order valence-corrected chi connectivity index (χ2v) is 4.42. The Morgan fingerprint density at radius 3 is 2.61 bits per heavy atom. The van der Waals surface area contributed by atoms with Gasteiger partial charge in [-0.1, -0.05) is 0 Å². The summed E-state index contributed by atoms with van der Waals surface area (Å²) in [6.45, 7) is 5.77. The van der Waals surface area contributed by atoms with Crippen LogP contribution in [-0.2, 0) is 4.79 Å². The normalized spacial score (nSPS) is 10.4. The summed E-state index contributed by atoms with van der Waals surface area (Å²) in [6, 6.07) is 3.31. The Morgan fingerprint density at radius 2 is 2.11 bits per heavy atom. The van der Waals surface area contributed by atoms with Crippen LogP contribution in [0, 0.1) is 6.92 Å². The Balaban J connectivity index is 2.85. The fourth-order valence-electron chi connectivity index (χ4n) is 1.65. The molecule has 0 atom stereocenters. The summed E-state index contributed by atoms with van der Waals surface area (Å²) in [5.74, 6) is -1.06. The zero-order chi connectivity index (χ0) is 13.7. The fraction of sp³-hybridized carbons (Fsp3) is 0.462. The van der Waals surface area contributed by atoms with Crippen molar-refractivity contribution in [3.8, 4) is 0 Å². The number of aryl methyl sites for hydroxylation is 1. The van der Waals surface area contributed by atoms with Gasteiger partial charge in [0, 0.05) is 30.0 Å². The Bertz CT molecular complexity index is 444. The van der Waals surface area contributed by atoms with Gasteiger partial charge in [0.15, 0.2) is 0 Å². The molecule has 0 aromatic carbocycles. The van der Waals surface area contributed by atoms with Gasteiger partial charge in [-0.25, -0.2) is 0 Å². The maximum Gasteiger partial charge on any atom is 0.305 e. The zero-order valence-electron chi connectivity index (χ0n) is 10.9. The molecule has 1 aromatic rings. The Kier molecular flexibility index (Phi) is 4.83. The van der Waals surface area contributed by atoms with Crippen LogP contribution in [0.3, 0.4) is 0 Å². The third kappa shape index (κ3) is 3.84. The minimum Gasteiger partial charge on any atom is -0.481 e. The molecule has 1 rings (SSSR count). The molecular formula is C13H18N2O3. The quantitative estimate of drug-likeness (QED) is 0.863. The standard InChI is InChI=1S/C13H18N2O3/c1-9(2)15(7-5-12(16)17)13(18)11-4-6-14-10(3)8-11/h4,6,8-9H,5,7H2,1-3H3,(H,16,17). The molecule has 1 aromatic heterocycles. The van der Waals surface area contributed by atoms with Crippen molar-refractivity contribution in [2.24, 2.45) is 0 Å². The first-order valence-electron chi connectivity index (χ1n) is 5.87. The van der Waals surface area contributed by atoms with Crippen LogP contribution < -0.4 is 0 Å². The number of pyridine rings is 1. The van der Waals surface area contributed by atoms with E-state index in [-0.39, 0.29) is 24.9 Å². The van der Waals surface area contributed by atoms with Crippen molar-refractivity contribution in [1.82, 2.24) is 9.88 Å². The third-order valence-electron chi connectivity index (χ3n) is 2.59. The van der Waals surface area contributed by atoms with Crippen LogP contribution in [-0.4, -0.2) is 39.5 Å². The predicted molar refractivity (Wildman–Crippen MR) is 67.4 cm³/mol. The van der Waals surface area contributed by atoms with Crippen LogP contribution in [0.15, 0.2) is 18.3 Å². The molecule has 0 saturated carbocycles. The van der Waals surface area contributed by atoms with Crippen molar-refractivity contribution >= 4 is 11.9 Å². The van der Waals surface area contributed by atoms with Crippen LogP contribution in [0.5, 0.6) is 0 Å². The van der Waals surface area contributed by atoms with E-state index >= 15 is 0 Å². The number of amides is 1.